The molecule has 0 aliphatic carbocycles. The van der Waals surface area contributed by atoms with Crippen molar-refractivity contribution < 1.29 is 13.9 Å². The molecule has 3 rings (SSSR count). The number of halogens is 2. The monoisotopic (exact) mass is 322 g/mol. The molecule has 0 unspecified atom stereocenters. The van der Waals surface area contributed by atoms with Crippen molar-refractivity contribution in [3.63, 3.8) is 0 Å². The van der Waals surface area contributed by atoms with Crippen molar-refractivity contribution in [2.45, 2.75) is 12.2 Å². The molecule has 6 heteroatoms. The number of hydrogen-bond acceptors (Lipinski definition) is 4. The third kappa shape index (κ3) is 3.55. The predicted octanol–water partition coefficient (Wildman–Crippen LogP) is 2.98. The second-order valence-corrected chi connectivity index (χ2v) is 5.39. The summed E-state index contributed by atoms with van der Waals surface area (Å²) in [5.41, 5.74) is 0.719. The van der Waals surface area contributed by atoms with Crippen molar-refractivity contribution in [1.82, 2.24) is 10.3 Å². The topological polar surface area (TPSA) is 43.4 Å². The third-order valence-corrected chi connectivity index (χ3v) is 3.73. The maximum Gasteiger partial charge on any atom is 0.168 e. The summed E-state index contributed by atoms with van der Waals surface area (Å²) in [7, 11) is 0. The highest BCUT2D eigenvalue weighted by atomic mass is 35.5. The molecular formula is C16H16ClFN2O2. The van der Waals surface area contributed by atoms with E-state index in [4.69, 9.17) is 21.1 Å². The number of ether oxygens (including phenoxy) is 2. The van der Waals surface area contributed by atoms with Gasteiger partial charge in [0, 0.05) is 25.4 Å². The van der Waals surface area contributed by atoms with Gasteiger partial charge in [-0.3, -0.25) is 4.98 Å². The fourth-order valence-corrected chi connectivity index (χ4v) is 2.52. The number of morpholine rings is 1. The Morgan fingerprint density at radius 1 is 1.36 bits per heavy atom. The fourth-order valence-electron chi connectivity index (χ4n) is 2.36. The summed E-state index contributed by atoms with van der Waals surface area (Å²) in [6.07, 6.45) is 1.01. The standard InChI is InChI=1S/C16H16ClFN2O2/c17-12-5-4-11(18)9-14(12)22-16(13-3-1-2-6-20-13)15-10-19-7-8-21-15/h1-6,9,15-16,19H,7-8,10H2/t15-,16-/m0/s1. The highest BCUT2D eigenvalue weighted by Crippen LogP contribution is 2.31. The molecule has 1 fully saturated rings. The molecule has 1 aromatic carbocycles. The Kier molecular flexibility index (Phi) is 4.87. The molecule has 2 heterocycles. The van der Waals surface area contributed by atoms with E-state index in [0.29, 0.717) is 18.2 Å². The van der Waals surface area contributed by atoms with E-state index in [9.17, 15) is 4.39 Å². The Hall–Kier alpha value is -1.69. The third-order valence-electron chi connectivity index (χ3n) is 3.42. The lowest BCUT2D eigenvalue weighted by atomic mass is 10.1. The Labute approximate surface area is 133 Å². The summed E-state index contributed by atoms with van der Waals surface area (Å²) in [6, 6.07) is 9.60. The Morgan fingerprint density at radius 2 is 2.27 bits per heavy atom. The van der Waals surface area contributed by atoms with Gasteiger partial charge in [-0.25, -0.2) is 4.39 Å². The first kappa shape index (κ1) is 15.2. The number of nitrogens with zero attached hydrogens (tertiary/aromatic N) is 1. The number of hydrogen-bond donors (Lipinski definition) is 1. The predicted molar refractivity (Wildman–Crippen MR) is 81.6 cm³/mol. The van der Waals surface area contributed by atoms with Crippen LogP contribution < -0.4 is 10.1 Å². The van der Waals surface area contributed by atoms with Crippen molar-refractivity contribution in [2.75, 3.05) is 19.7 Å². The average Bonchev–Trinajstić information content (AvgIpc) is 2.57. The van der Waals surface area contributed by atoms with Crippen molar-refractivity contribution in [1.29, 1.82) is 0 Å². The fraction of sp³-hybridized carbons (Fsp3) is 0.312. The van der Waals surface area contributed by atoms with Gasteiger partial charge in [-0.1, -0.05) is 17.7 Å². The maximum atomic E-state index is 13.4. The van der Waals surface area contributed by atoms with Gasteiger partial charge in [0.2, 0.25) is 0 Å². The first-order valence-corrected chi connectivity index (χ1v) is 7.47. The van der Waals surface area contributed by atoms with Gasteiger partial charge >= 0.3 is 0 Å². The van der Waals surface area contributed by atoms with Crippen molar-refractivity contribution in [3.05, 3.63) is 59.1 Å². The minimum absolute atomic E-state index is 0.219. The molecule has 1 aliphatic heterocycles. The molecule has 0 amide bonds. The van der Waals surface area contributed by atoms with Gasteiger partial charge in [-0.15, -0.1) is 0 Å². The van der Waals surface area contributed by atoms with Crippen LogP contribution in [0.15, 0.2) is 42.6 Å². The van der Waals surface area contributed by atoms with Crippen LogP contribution in [0.4, 0.5) is 4.39 Å². The van der Waals surface area contributed by atoms with Gasteiger partial charge in [0.15, 0.2) is 6.10 Å². The van der Waals surface area contributed by atoms with Crippen LogP contribution in [0.5, 0.6) is 5.75 Å². The summed E-state index contributed by atoms with van der Waals surface area (Å²) >= 11 is 6.10. The van der Waals surface area contributed by atoms with E-state index >= 15 is 0 Å². The van der Waals surface area contributed by atoms with Crippen LogP contribution in [-0.4, -0.2) is 30.8 Å². The van der Waals surface area contributed by atoms with Gasteiger partial charge in [0.25, 0.3) is 0 Å². The summed E-state index contributed by atoms with van der Waals surface area (Å²) < 4.78 is 25.2. The molecular weight excluding hydrogens is 307 g/mol. The molecule has 1 saturated heterocycles. The van der Waals surface area contributed by atoms with Crippen molar-refractivity contribution in [3.8, 4) is 5.75 Å². The van der Waals surface area contributed by atoms with E-state index < -0.39 is 11.9 Å². The van der Waals surface area contributed by atoms with Crippen LogP contribution in [0, 0.1) is 5.82 Å². The minimum atomic E-state index is -0.465. The maximum absolute atomic E-state index is 13.4. The molecule has 1 N–H and O–H groups in total. The minimum Gasteiger partial charge on any atom is -0.480 e. The van der Waals surface area contributed by atoms with Crippen LogP contribution in [0.2, 0.25) is 5.02 Å². The van der Waals surface area contributed by atoms with Crippen molar-refractivity contribution >= 4 is 11.6 Å². The molecule has 1 aliphatic rings. The molecule has 0 spiro atoms. The number of nitrogens with one attached hydrogen (secondary N) is 1. The molecule has 0 radical (unpaired) electrons. The van der Waals surface area contributed by atoms with Crippen LogP contribution in [0.25, 0.3) is 0 Å². The van der Waals surface area contributed by atoms with Crippen LogP contribution >= 0.6 is 11.6 Å². The SMILES string of the molecule is Fc1ccc(Cl)c(O[C@@H](c2ccccn2)[C@@H]2CNCCO2)c1. The van der Waals surface area contributed by atoms with E-state index in [1.807, 2.05) is 18.2 Å². The first-order chi connectivity index (χ1) is 10.7. The molecule has 116 valence electrons. The van der Waals surface area contributed by atoms with Crippen LogP contribution in [0.1, 0.15) is 11.8 Å². The zero-order valence-corrected chi connectivity index (χ0v) is 12.6. The van der Waals surface area contributed by atoms with E-state index in [2.05, 4.69) is 10.3 Å². The van der Waals surface area contributed by atoms with E-state index in [-0.39, 0.29) is 11.9 Å². The highest BCUT2D eigenvalue weighted by molar-refractivity contribution is 6.32. The average molecular weight is 323 g/mol. The normalized spacial score (nSPS) is 19.6. The number of aromatic nitrogens is 1. The molecule has 1 aromatic heterocycles. The van der Waals surface area contributed by atoms with Gasteiger partial charge in [0.05, 0.1) is 17.3 Å². The quantitative estimate of drug-likeness (QED) is 0.940. The molecule has 2 atom stereocenters. The number of benzene rings is 1. The van der Waals surface area contributed by atoms with Gasteiger partial charge in [-0.05, 0) is 24.3 Å². The van der Waals surface area contributed by atoms with Gasteiger partial charge in [0.1, 0.15) is 17.7 Å². The molecule has 4 nitrogen and oxygen atoms in total. The highest BCUT2D eigenvalue weighted by Gasteiger charge is 2.29. The molecule has 2 aromatic rings. The number of rotatable bonds is 4. The smallest absolute Gasteiger partial charge is 0.168 e. The van der Waals surface area contributed by atoms with Gasteiger partial charge in [-0.2, -0.15) is 0 Å². The zero-order valence-electron chi connectivity index (χ0n) is 11.8. The largest absolute Gasteiger partial charge is 0.480 e. The summed E-state index contributed by atoms with van der Waals surface area (Å²) in [6.45, 7) is 2.02. The second-order valence-electron chi connectivity index (χ2n) is 4.98. The van der Waals surface area contributed by atoms with Crippen LogP contribution in [-0.2, 0) is 4.74 Å². The summed E-state index contributed by atoms with van der Waals surface area (Å²) in [5, 5.41) is 3.61. The Morgan fingerprint density at radius 3 is 3.00 bits per heavy atom. The molecule has 0 saturated carbocycles. The molecule has 0 bridgehead atoms. The van der Waals surface area contributed by atoms with Crippen molar-refractivity contribution in [2.24, 2.45) is 0 Å². The second kappa shape index (κ2) is 7.05. The number of pyridine rings is 1. The summed E-state index contributed by atoms with van der Waals surface area (Å²) in [5.74, 6) is -0.117. The van der Waals surface area contributed by atoms with E-state index in [0.717, 1.165) is 12.2 Å². The lowest BCUT2D eigenvalue weighted by Gasteiger charge is -2.31. The molecule has 22 heavy (non-hydrogen) atoms. The first-order valence-electron chi connectivity index (χ1n) is 7.09. The zero-order chi connectivity index (χ0) is 15.4. The Balaban J connectivity index is 1.89. The lowest BCUT2D eigenvalue weighted by Crippen LogP contribution is -2.43. The van der Waals surface area contributed by atoms with Crippen LogP contribution in [0.3, 0.4) is 0 Å². The van der Waals surface area contributed by atoms with E-state index in [1.54, 1.807) is 6.20 Å². The Bertz CT molecular complexity index is 621. The summed E-state index contributed by atoms with van der Waals surface area (Å²) in [4.78, 5) is 4.33. The van der Waals surface area contributed by atoms with Gasteiger partial charge < -0.3 is 14.8 Å². The lowest BCUT2D eigenvalue weighted by molar-refractivity contribution is -0.0447. The van der Waals surface area contributed by atoms with E-state index in [1.165, 1.54) is 18.2 Å².